The van der Waals surface area contributed by atoms with Gasteiger partial charge in [-0.2, -0.15) is 4.31 Å². The predicted molar refractivity (Wildman–Crippen MR) is 118 cm³/mol. The summed E-state index contributed by atoms with van der Waals surface area (Å²) in [5.41, 5.74) is 1.86. The summed E-state index contributed by atoms with van der Waals surface area (Å²) in [4.78, 5) is 17.7. The first-order valence-corrected chi connectivity index (χ1v) is 12.1. The first-order valence-electron chi connectivity index (χ1n) is 10.5. The van der Waals surface area contributed by atoms with Crippen molar-refractivity contribution in [3.63, 3.8) is 0 Å². The van der Waals surface area contributed by atoms with Crippen LogP contribution in [0.25, 0.3) is 0 Å². The molecule has 1 amide bonds. The van der Waals surface area contributed by atoms with Crippen molar-refractivity contribution in [2.75, 3.05) is 23.7 Å². The number of aromatic nitrogens is 1. The van der Waals surface area contributed by atoms with E-state index in [0.29, 0.717) is 25.7 Å². The molecule has 8 heteroatoms. The topological polar surface area (TPSA) is 82.6 Å². The average molecular weight is 431 g/mol. The molecule has 0 spiro atoms. The maximum atomic E-state index is 13.4. The summed E-state index contributed by atoms with van der Waals surface area (Å²) >= 11 is 0. The lowest BCUT2D eigenvalue weighted by molar-refractivity contribution is -0.111. The predicted octanol–water partition coefficient (Wildman–Crippen LogP) is 2.93. The molecule has 2 aromatic rings. The molecule has 0 aliphatic carbocycles. The number of hydrogen-bond donors (Lipinski definition) is 1. The Balaban J connectivity index is 1.87. The van der Waals surface area contributed by atoms with E-state index in [1.54, 1.807) is 16.7 Å². The highest BCUT2D eigenvalue weighted by Crippen LogP contribution is 2.31. The van der Waals surface area contributed by atoms with Gasteiger partial charge >= 0.3 is 0 Å². The number of piperidine rings is 1. The van der Waals surface area contributed by atoms with Crippen LogP contribution in [-0.4, -0.2) is 49.0 Å². The summed E-state index contributed by atoms with van der Waals surface area (Å²) in [5.74, 6) is 0.0813. The Morgan fingerprint density at radius 3 is 2.43 bits per heavy atom. The number of hydrogen-bond acceptors (Lipinski definition) is 5. The van der Waals surface area contributed by atoms with Gasteiger partial charge in [0.15, 0.2) is 0 Å². The summed E-state index contributed by atoms with van der Waals surface area (Å²) < 4.78 is 28.3. The Morgan fingerprint density at radius 2 is 1.83 bits per heavy atom. The van der Waals surface area contributed by atoms with E-state index in [2.05, 4.69) is 15.2 Å². The first-order chi connectivity index (χ1) is 14.6. The van der Waals surface area contributed by atoms with E-state index in [9.17, 15) is 13.2 Å². The highest BCUT2D eigenvalue weighted by Gasteiger charge is 2.38. The van der Waals surface area contributed by atoms with Crippen LogP contribution >= 0.6 is 0 Å². The molecule has 1 aromatic heterocycles. The fourth-order valence-electron chi connectivity index (χ4n) is 3.98. The van der Waals surface area contributed by atoms with Crippen LogP contribution in [0.4, 0.5) is 5.69 Å². The molecule has 3 rings (SSSR count). The fourth-order valence-corrected chi connectivity index (χ4v) is 6.01. The van der Waals surface area contributed by atoms with Gasteiger partial charge in [-0.1, -0.05) is 43.7 Å². The van der Waals surface area contributed by atoms with Crippen LogP contribution in [0.15, 0.2) is 54.9 Å². The number of unbranched alkanes of at least 4 members (excludes halogenated alkanes) is 1. The van der Waals surface area contributed by atoms with E-state index >= 15 is 0 Å². The van der Waals surface area contributed by atoms with Crippen LogP contribution < -0.4 is 10.2 Å². The molecule has 1 unspecified atom stereocenters. The Hall–Kier alpha value is -2.45. The van der Waals surface area contributed by atoms with Gasteiger partial charge in [0.25, 0.3) is 0 Å². The van der Waals surface area contributed by atoms with Crippen molar-refractivity contribution >= 4 is 22.1 Å². The first kappa shape index (κ1) is 22.2. The lowest BCUT2D eigenvalue weighted by Gasteiger charge is -2.42. The quantitative estimate of drug-likeness (QED) is 0.463. The molecular weight excluding hydrogens is 400 g/mol. The van der Waals surface area contributed by atoms with Crippen LogP contribution in [0, 0.1) is 0 Å². The third kappa shape index (κ3) is 5.37. The molecule has 0 saturated carbocycles. The monoisotopic (exact) mass is 430 g/mol. The van der Waals surface area contributed by atoms with Gasteiger partial charge in [0, 0.05) is 37.2 Å². The van der Waals surface area contributed by atoms with Crippen LogP contribution in [0.1, 0.15) is 44.3 Å². The molecule has 1 fully saturated rings. The average Bonchev–Trinajstić information content (AvgIpc) is 2.79. The minimum absolute atomic E-state index is 0.0813. The van der Waals surface area contributed by atoms with Crippen LogP contribution in [0.2, 0.25) is 0 Å². The second kappa shape index (κ2) is 10.5. The van der Waals surface area contributed by atoms with E-state index in [0.717, 1.165) is 30.8 Å². The van der Waals surface area contributed by atoms with E-state index in [4.69, 9.17) is 0 Å². The maximum Gasteiger partial charge on any atom is 0.216 e. The lowest BCUT2D eigenvalue weighted by Crippen LogP contribution is -2.52. The summed E-state index contributed by atoms with van der Waals surface area (Å²) in [6.07, 6.45) is 6.19. The molecule has 1 aliphatic heterocycles. The number of sulfonamides is 1. The Labute approximate surface area is 179 Å². The fraction of sp³-hybridized carbons (Fsp3) is 0.455. The van der Waals surface area contributed by atoms with Gasteiger partial charge in [-0.15, -0.1) is 0 Å². The van der Waals surface area contributed by atoms with Gasteiger partial charge < -0.3 is 10.2 Å². The van der Waals surface area contributed by atoms with Crippen LogP contribution in [-0.2, 0) is 14.8 Å². The smallest absolute Gasteiger partial charge is 0.216 e. The Morgan fingerprint density at radius 1 is 1.17 bits per heavy atom. The molecule has 0 radical (unpaired) electrons. The van der Waals surface area contributed by atoms with Gasteiger partial charge in [-0.25, -0.2) is 8.42 Å². The molecule has 2 heterocycles. The van der Waals surface area contributed by atoms with Crippen molar-refractivity contribution < 1.29 is 13.2 Å². The summed E-state index contributed by atoms with van der Waals surface area (Å²) in [6, 6.07) is 13.1. The second-order valence-electron chi connectivity index (χ2n) is 7.52. The van der Waals surface area contributed by atoms with E-state index in [-0.39, 0.29) is 11.8 Å². The van der Waals surface area contributed by atoms with Crippen molar-refractivity contribution in [2.45, 2.75) is 44.8 Å². The number of nitrogens with one attached hydrogen (secondary N) is 1. The largest absolute Gasteiger partial charge is 0.371 e. The number of carbonyl (C=O) groups is 1. The summed E-state index contributed by atoms with van der Waals surface area (Å²) in [6.45, 7) is 3.47. The molecule has 162 valence electrons. The van der Waals surface area contributed by atoms with Crippen molar-refractivity contribution in [2.24, 2.45) is 0 Å². The molecule has 1 N–H and O–H groups in total. The van der Waals surface area contributed by atoms with E-state index in [1.165, 1.54) is 0 Å². The van der Waals surface area contributed by atoms with Gasteiger partial charge in [0.2, 0.25) is 16.4 Å². The van der Waals surface area contributed by atoms with E-state index in [1.807, 2.05) is 49.4 Å². The summed E-state index contributed by atoms with van der Waals surface area (Å²) in [7, 11) is -3.55. The standard InChI is InChI=1S/C22H30N4O3S/c1-2-3-17-30(28,29)26(22(24-18-27)19-7-5-4-6-8-19)21-11-15-25(16-12-21)20-9-13-23-14-10-20/h4-10,13-14,18,21-22H,2-3,11-12,15-17H2,1H3,(H,24,27). The number of pyridine rings is 1. The van der Waals surface area contributed by atoms with Gasteiger partial charge in [-0.05, 0) is 37.0 Å². The number of anilines is 1. The Bertz CT molecular complexity index is 885. The second-order valence-corrected chi connectivity index (χ2v) is 9.51. The minimum atomic E-state index is -3.55. The molecule has 0 bridgehead atoms. The van der Waals surface area contributed by atoms with Gasteiger partial charge in [0.05, 0.1) is 5.75 Å². The molecular formula is C22H30N4O3S. The molecule has 1 aromatic carbocycles. The third-order valence-corrected chi connectivity index (χ3v) is 7.48. The highest BCUT2D eigenvalue weighted by molar-refractivity contribution is 7.89. The molecule has 1 atom stereocenters. The summed E-state index contributed by atoms with van der Waals surface area (Å²) in [5, 5.41) is 2.77. The van der Waals surface area contributed by atoms with Gasteiger partial charge in [-0.3, -0.25) is 9.78 Å². The zero-order valence-corrected chi connectivity index (χ0v) is 18.2. The molecule has 30 heavy (non-hydrogen) atoms. The number of rotatable bonds is 10. The zero-order valence-electron chi connectivity index (χ0n) is 17.4. The zero-order chi connectivity index (χ0) is 21.4. The highest BCUT2D eigenvalue weighted by atomic mass is 32.2. The van der Waals surface area contributed by atoms with E-state index < -0.39 is 16.2 Å². The third-order valence-electron chi connectivity index (χ3n) is 5.52. The molecule has 1 saturated heterocycles. The lowest BCUT2D eigenvalue weighted by atomic mass is 10.0. The number of benzene rings is 1. The normalized spacial score (nSPS) is 16.4. The van der Waals surface area contributed by atoms with Crippen molar-refractivity contribution in [3.05, 3.63) is 60.4 Å². The van der Waals surface area contributed by atoms with Crippen molar-refractivity contribution in [1.29, 1.82) is 0 Å². The SMILES string of the molecule is CCCCS(=O)(=O)N(C1CCN(c2ccncc2)CC1)C(NC=O)c1ccccc1. The number of nitrogens with zero attached hydrogens (tertiary/aromatic N) is 3. The maximum absolute atomic E-state index is 13.4. The van der Waals surface area contributed by atoms with Crippen molar-refractivity contribution in [3.8, 4) is 0 Å². The van der Waals surface area contributed by atoms with Gasteiger partial charge in [0.1, 0.15) is 6.17 Å². The van der Waals surface area contributed by atoms with Crippen molar-refractivity contribution in [1.82, 2.24) is 14.6 Å². The minimum Gasteiger partial charge on any atom is -0.371 e. The van der Waals surface area contributed by atoms with Crippen LogP contribution in [0.5, 0.6) is 0 Å². The van der Waals surface area contributed by atoms with Crippen LogP contribution in [0.3, 0.4) is 0 Å². The molecule has 1 aliphatic rings. The number of carbonyl (C=O) groups excluding carboxylic acids is 1. The number of amides is 1. The molecule has 7 nitrogen and oxygen atoms in total. The Kier molecular flexibility index (Phi) is 7.81.